The molecule has 1 saturated heterocycles. The van der Waals surface area contributed by atoms with Crippen LogP contribution in [0, 0.1) is 6.92 Å². The molecule has 0 spiro atoms. The first kappa shape index (κ1) is 21.4. The maximum absolute atomic E-state index is 12.5. The molecule has 0 saturated carbocycles. The summed E-state index contributed by atoms with van der Waals surface area (Å²) in [4.78, 5) is 25.3. The summed E-state index contributed by atoms with van der Waals surface area (Å²) in [6.07, 6.45) is 3.19. The molecule has 0 bridgehead atoms. The summed E-state index contributed by atoms with van der Waals surface area (Å²) in [6.45, 7) is 2.99. The van der Waals surface area contributed by atoms with Crippen LogP contribution in [0.15, 0.2) is 29.2 Å². The molecule has 27 heavy (non-hydrogen) atoms. The number of benzene rings is 1. The van der Waals surface area contributed by atoms with E-state index in [-0.39, 0.29) is 22.8 Å². The lowest BCUT2D eigenvalue weighted by atomic mass is 10.1. The number of nitrogens with one attached hydrogen (secondary N) is 1. The first-order valence-electron chi connectivity index (χ1n) is 9.25. The predicted molar refractivity (Wildman–Crippen MR) is 102 cm³/mol. The van der Waals surface area contributed by atoms with Crippen LogP contribution in [0.2, 0.25) is 0 Å². The Morgan fingerprint density at radius 3 is 2.30 bits per heavy atom. The molecule has 0 aliphatic carbocycles. The van der Waals surface area contributed by atoms with Gasteiger partial charge in [-0.05, 0) is 44.7 Å². The molecule has 2 rings (SSSR count). The lowest BCUT2D eigenvalue weighted by molar-refractivity contribution is -0.141. The topological polar surface area (TPSA) is 92.8 Å². The van der Waals surface area contributed by atoms with Gasteiger partial charge in [0.25, 0.3) is 0 Å². The molecule has 0 aromatic heterocycles. The Bertz CT molecular complexity index is 738. The van der Waals surface area contributed by atoms with Crippen molar-refractivity contribution in [1.82, 2.24) is 9.62 Å². The SMILES string of the molecule is COC(=O)CCCCC(=O)N1CCC(NS(=O)(=O)c2ccc(C)cc2)CC1. The number of aryl methyl sites for hydroxylation is 1. The van der Waals surface area contributed by atoms with Gasteiger partial charge in [0.1, 0.15) is 0 Å². The van der Waals surface area contributed by atoms with Crippen molar-refractivity contribution < 1.29 is 22.7 Å². The summed E-state index contributed by atoms with van der Waals surface area (Å²) in [7, 11) is -2.19. The van der Waals surface area contributed by atoms with Crippen molar-refractivity contribution in [3.05, 3.63) is 29.8 Å². The molecule has 1 aromatic rings. The molecule has 1 N–H and O–H groups in total. The van der Waals surface area contributed by atoms with Crippen molar-refractivity contribution in [3.8, 4) is 0 Å². The molecule has 1 heterocycles. The number of amides is 1. The van der Waals surface area contributed by atoms with E-state index in [2.05, 4.69) is 9.46 Å². The highest BCUT2D eigenvalue weighted by Gasteiger charge is 2.26. The highest BCUT2D eigenvalue weighted by Crippen LogP contribution is 2.17. The summed E-state index contributed by atoms with van der Waals surface area (Å²) in [5.41, 5.74) is 1.01. The Hall–Kier alpha value is -1.93. The molecule has 1 aliphatic rings. The minimum Gasteiger partial charge on any atom is -0.469 e. The quantitative estimate of drug-likeness (QED) is 0.536. The maximum Gasteiger partial charge on any atom is 0.305 e. The second-order valence-corrected chi connectivity index (χ2v) is 8.59. The van der Waals surface area contributed by atoms with Gasteiger partial charge in [-0.1, -0.05) is 17.7 Å². The lowest BCUT2D eigenvalue weighted by Gasteiger charge is -2.32. The first-order valence-corrected chi connectivity index (χ1v) is 10.7. The monoisotopic (exact) mass is 396 g/mol. The Morgan fingerprint density at radius 1 is 1.11 bits per heavy atom. The Morgan fingerprint density at radius 2 is 1.70 bits per heavy atom. The summed E-state index contributed by atoms with van der Waals surface area (Å²) in [6, 6.07) is 6.58. The van der Waals surface area contributed by atoms with Gasteiger partial charge in [-0.15, -0.1) is 0 Å². The van der Waals surface area contributed by atoms with E-state index >= 15 is 0 Å². The Kier molecular flexibility index (Phi) is 7.79. The Balaban J connectivity index is 1.75. The average Bonchev–Trinajstić information content (AvgIpc) is 2.65. The van der Waals surface area contributed by atoms with E-state index in [9.17, 15) is 18.0 Å². The number of ether oxygens (including phenoxy) is 1. The second kappa shape index (κ2) is 9.85. The van der Waals surface area contributed by atoms with Crippen molar-refractivity contribution in [2.75, 3.05) is 20.2 Å². The van der Waals surface area contributed by atoms with Crippen LogP contribution in [0.25, 0.3) is 0 Å². The van der Waals surface area contributed by atoms with Crippen LogP contribution < -0.4 is 4.72 Å². The van der Waals surface area contributed by atoms with Crippen molar-refractivity contribution in [2.24, 2.45) is 0 Å². The molecule has 8 heteroatoms. The fourth-order valence-corrected chi connectivity index (χ4v) is 4.36. The van der Waals surface area contributed by atoms with Crippen LogP contribution in [0.1, 0.15) is 44.1 Å². The van der Waals surface area contributed by atoms with Crippen molar-refractivity contribution in [2.45, 2.75) is 56.4 Å². The van der Waals surface area contributed by atoms with Gasteiger partial charge in [-0.2, -0.15) is 0 Å². The number of unbranched alkanes of at least 4 members (excludes halogenated alkanes) is 1. The number of carbonyl (C=O) groups excluding carboxylic acids is 2. The molecular weight excluding hydrogens is 368 g/mol. The number of methoxy groups -OCH3 is 1. The second-order valence-electron chi connectivity index (χ2n) is 6.87. The maximum atomic E-state index is 12.5. The predicted octanol–water partition coefficient (Wildman–Crippen LogP) is 2.00. The number of hydrogen-bond acceptors (Lipinski definition) is 5. The average molecular weight is 397 g/mol. The number of esters is 1. The van der Waals surface area contributed by atoms with E-state index in [0.717, 1.165) is 5.56 Å². The van der Waals surface area contributed by atoms with Crippen LogP contribution in [-0.2, 0) is 24.3 Å². The molecule has 1 aromatic carbocycles. The van der Waals surface area contributed by atoms with Crippen molar-refractivity contribution in [3.63, 3.8) is 0 Å². The molecule has 1 aliphatic heterocycles. The zero-order valence-corrected chi connectivity index (χ0v) is 16.8. The van der Waals surface area contributed by atoms with Gasteiger partial charge < -0.3 is 9.64 Å². The fraction of sp³-hybridized carbons (Fsp3) is 0.579. The third-order valence-corrected chi connectivity index (χ3v) is 6.29. The number of sulfonamides is 1. The first-order chi connectivity index (χ1) is 12.8. The van der Waals surface area contributed by atoms with Crippen LogP contribution in [0.5, 0.6) is 0 Å². The van der Waals surface area contributed by atoms with Gasteiger partial charge in [0.2, 0.25) is 15.9 Å². The number of piperidine rings is 1. The van der Waals surface area contributed by atoms with Gasteiger partial charge >= 0.3 is 5.97 Å². The van der Waals surface area contributed by atoms with Crippen LogP contribution in [-0.4, -0.2) is 51.4 Å². The van der Waals surface area contributed by atoms with Crippen molar-refractivity contribution in [1.29, 1.82) is 0 Å². The summed E-state index contributed by atoms with van der Waals surface area (Å²) < 4.78 is 32.2. The fourth-order valence-electron chi connectivity index (χ4n) is 3.06. The minimum atomic E-state index is -3.54. The minimum absolute atomic E-state index is 0.0553. The largest absolute Gasteiger partial charge is 0.469 e. The zero-order chi connectivity index (χ0) is 19.9. The van der Waals surface area contributed by atoms with Gasteiger partial charge in [0.05, 0.1) is 12.0 Å². The van der Waals surface area contributed by atoms with E-state index in [1.807, 2.05) is 6.92 Å². The molecular formula is C19H28N2O5S. The third-order valence-electron chi connectivity index (χ3n) is 4.75. The number of nitrogens with zero attached hydrogens (tertiary/aromatic N) is 1. The molecule has 0 unspecified atom stereocenters. The van der Waals surface area contributed by atoms with E-state index in [1.165, 1.54) is 7.11 Å². The third kappa shape index (κ3) is 6.62. The molecule has 7 nitrogen and oxygen atoms in total. The summed E-state index contributed by atoms with van der Waals surface area (Å²) in [5, 5.41) is 0. The van der Waals surface area contributed by atoms with E-state index in [1.54, 1.807) is 29.2 Å². The Labute approximate surface area is 161 Å². The van der Waals surface area contributed by atoms with E-state index < -0.39 is 10.0 Å². The molecule has 0 atom stereocenters. The molecule has 1 fully saturated rings. The number of likely N-dealkylation sites (tertiary alicyclic amines) is 1. The number of rotatable bonds is 8. The molecule has 0 radical (unpaired) electrons. The van der Waals surface area contributed by atoms with Gasteiger partial charge in [0, 0.05) is 32.0 Å². The van der Waals surface area contributed by atoms with Gasteiger partial charge in [-0.25, -0.2) is 13.1 Å². The van der Waals surface area contributed by atoms with E-state index in [4.69, 9.17) is 0 Å². The van der Waals surface area contributed by atoms with Gasteiger partial charge in [0.15, 0.2) is 0 Å². The summed E-state index contributed by atoms with van der Waals surface area (Å²) in [5.74, 6) is -0.205. The lowest BCUT2D eigenvalue weighted by Crippen LogP contribution is -2.46. The number of carbonyl (C=O) groups is 2. The summed E-state index contributed by atoms with van der Waals surface area (Å²) >= 11 is 0. The molecule has 1 amide bonds. The smallest absolute Gasteiger partial charge is 0.305 e. The highest BCUT2D eigenvalue weighted by molar-refractivity contribution is 7.89. The van der Waals surface area contributed by atoms with Crippen LogP contribution >= 0.6 is 0 Å². The van der Waals surface area contributed by atoms with Crippen LogP contribution in [0.4, 0.5) is 0 Å². The van der Waals surface area contributed by atoms with E-state index in [0.29, 0.717) is 51.6 Å². The normalized spacial score (nSPS) is 15.6. The molecule has 150 valence electrons. The zero-order valence-electron chi connectivity index (χ0n) is 15.9. The van der Waals surface area contributed by atoms with Crippen molar-refractivity contribution >= 4 is 21.9 Å². The highest BCUT2D eigenvalue weighted by atomic mass is 32.2. The number of hydrogen-bond donors (Lipinski definition) is 1. The van der Waals surface area contributed by atoms with Crippen LogP contribution in [0.3, 0.4) is 0 Å². The van der Waals surface area contributed by atoms with Gasteiger partial charge in [-0.3, -0.25) is 9.59 Å². The standard InChI is InChI=1S/C19H28N2O5S/c1-15-7-9-17(10-8-15)27(24,25)20-16-11-13-21(14-12-16)18(22)5-3-4-6-19(23)26-2/h7-10,16,20H,3-6,11-14H2,1-2H3.